The van der Waals surface area contributed by atoms with Gasteiger partial charge in [0.05, 0.1) is 6.61 Å². The Morgan fingerprint density at radius 1 is 0.846 bits per heavy atom. The van der Waals surface area contributed by atoms with Gasteiger partial charge in [-0.05, 0) is 80.9 Å². The van der Waals surface area contributed by atoms with E-state index < -0.39 is 0 Å². The van der Waals surface area contributed by atoms with Crippen LogP contribution in [0.15, 0.2) is 54.6 Å². The first kappa shape index (κ1) is 19.0. The van der Waals surface area contributed by atoms with Gasteiger partial charge in [-0.15, -0.1) is 0 Å². The molecule has 1 unspecified atom stereocenters. The Labute approximate surface area is 159 Å². The number of nitrogens with zero attached hydrogens (tertiary/aromatic N) is 1. The molecule has 2 nitrogen and oxygen atoms in total. The second-order valence-electron chi connectivity index (χ2n) is 7.68. The molecule has 0 aliphatic carbocycles. The highest BCUT2D eigenvalue weighted by Gasteiger charge is 2.10. The molecule has 0 aromatic heterocycles. The Morgan fingerprint density at radius 2 is 1.54 bits per heavy atom. The molecule has 1 aliphatic rings. The van der Waals surface area contributed by atoms with Gasteiger partial charge in [0.25, 0.3) is 0 Å². The quantitative estimate of drug-likeness (QED) is 0.547. The third-order valence-electron chi connectivity index (χ3n) is 5.46. The van der Waals surface area contributed by atoms with Gasteiger partial charge in [-0.25, -0.2) is 0 Å². The van der Waals surface area contributed by atoms with Crippen LogP contribution in [0.5, 0.6) is 5.75 Å². The van der Waals surface area contributed by atoms with Crippen LogP contribution in [0, 0.1) is 5.92 Å². The lowest BCUT2D eigenvalue weighted by atomic mass is 10.0. The van der Waals surface area contributed by atoms with E-state index in [-0.39, 0.29) is 0 Å². The molecular formula is C24H33NO. The second kappa shape index (κ2) is 10.4. The maximum atomic E-state index is 5.95. The summed E-state index contributed by atoms with van der Waals surface area (Å²) < 4.78 is 5.95. The van der Waals surface area contributed by atoms with E-state index in [4.69, 9.17) is 4.74 Å². The molecule has 1 aliphatic heterocycles. The average molecular weight is 352 g/mol. The SMILES string of the molecule is CC(CCCN1CCCCC1)CCOc1ccc(-c2ccccc2)cc1. The summed E-state index contributed by atoms with van der Waals surface area (Å²) in [4.78, 5) is 2.64. The molecular weight excluding hydrogens is 318 g/mol. The third kappa shape index (κ3) is 6.17. The van der Waals surface area contributed by atoms with E-state index in [9.17, 15) is 0 Å². The summed E-state index contributed by atoms with van der Waals surface area (Å²) in [6, 6.07) is 18.9. The first-order chi connectivity index (χ1) is 12.8. The molecule has 0 bridgehead atoms. The van der Waals surface area contributed by atoms with Crippen LogP contribution in [0.4, 0.5) is 0 Å². The molecule has 0 saturated carbocycles. The molecule has 0 spiro atoms. The van der Waals surface area contributed by atoms with E-state index in [0.29, 0.717) is 0 Å². The minimum absolute atomic E-state index is 0.739. The maximum absolute atomic E-state index is 5.95. The van der Waals surface area contributed by atoms with Crippen LogP contribution < -0.4 is 4.74 Å². The smallest absolute Gasteiger partial charge is 0.119 e. The molecule has 1 fully saturated rings. The lowest BCUT2D eigenvalue weighted by molar-refractivity contribution is 0.216. The van der Waals surface area contributed by atoms with Crippen molar-refractivity contribution in [2.45, 2.75) is 45.4 Å². The van der Waals surface area contributed by atoms with E-state index in [1.807, 2.05) is 0 Å². The average Bonchev–Trinajstić information content (AvgIpc) is 2.70. The molecule has 1 saturated heterocycles. The predicted molar refractivity (Wildman–Crippen MR) is 111 cm³/mol. The van der Waals surface area contributed by atoms with Gasteiger partial charge in [-0.1, -0.05) is 55.8 Å². The van der Waals surface area contributed by atoms with Crippen molar-refractivity contribution in [3.63, 3.8) is 0 Å². The highest BCUT2D eigenvalue weighted by molar-refractivity contribution is 5.63. The summed E-state index contributed by atoms with van der Waals surface area (Å²) in [6.07, 6.45) is 8.00. The Balaban J connectivity index is 1.32. The first-order valence-electron chi connectivity index (χ1n) is 10.3. The summed E-state index contributed by atoms with van der Waals surface area (Å²) in [6.45, 7) is 7.09. The summed E-state index contributed by atoms with van der Waals surface area (Å²) >= 11 is 0. The summed E-state index contributed by atoms with van der Waals surface area (Å²) in [5.74, 6) is 1.72. The van der Waals surface area contributed by atoms with Crippen LogP contribution in [-0.4, -0.2) is 31.1 Å². The van der Waals surface area contributed by atoms with Crippen LogP contribution in [0.25, 0.3) is 11.1 Å². The van der Waals surface area contributed by atoms with Gasteiger partial charge < -0.3 is 9.64 Å². The van der Waals surface area contributed by atoms with Crippen LogP contribution in [-0.2, 0) is 0 Å². The Hall–Kier alpha value is -1.80. The third-order valence-corrected chi connectivity index (χ3v) is 5.46. The number of benzene rings is 2. The molecule has 0 amide bonds. The van der Waals surface area contributed by atoms with Gasteiger partial charge in [0.15, 0.2) is 0 Å². The number of hydrogen-bond acceptors (Lipinski definition) is 2. The number of hydrogen-bond donors (Lipinski definition) is 0. The molecule has 1 atom stereocenters. The molecule has 2 heteroatoms. The fraction of sp³-hybridized carbons (Fsp3) is 0.500. The molecule has 0 radical (unpaired) electrons. The summed E-state index contributed by atoms with van der Waals surface area (Å²) in [7, 11) is 0. The molecule has 0 N–H and O–H groups in total. The lowest BCUT2D eigenvalue weighted by Crippen LogP contribution is -2.30. The first-order valence-corrected chi connectivity index (χ1v) is 10.3. The van der Waals surface area contributed by atoms with E-state index in [1.165, 1.54) is 62.9 Å². The fourth-order valence-electron chi connectivity index (χ4n) is 3.74. The Bertz CT molecular complexity index is 616. The fourth-order valence-corrected chi connectivity index (χ4v) is 3.74. The zero-order valence-electron chi connectivity index (χ0n) is 16.2. The van der Waals surface area contributed by atoms with Gasteiger partial charge in [0.1, 0.15) is 5.75 Å². The van der Waals surface area contributed by atoms with Crippen molar-refractivity contribution in [3.05, 3.63) is 54.6 Å². The topological polar surface area (TPSA) is 12.5 Å². The van der Waals surface area contributed by atoms with Crippen LogP contribution in [0.2, 0.25) is 0 Å². The number of piperidine rings is 1. The second-order valence-corrected chi connectivity index (χ2v) is 7.68. The molecule has 1 heterocycles. The van der Waals surface area contributed by atoms with Crippen molar-refractivity contribution >= 4 is 0 Å². The van der Waals surface area contributed by atoms with Crippen molar-refractivity contribution in [2.24, 2.45) is 5.92 Å². The van der Waals surface area contributed by atoms with Crippen molar-refractivity contribution in [1.29, 1.82) is 0 Å². The van der Waals surface area contributed by atoms with Crippen molar-refractivity contribution in [1.82, 2.24) is 4.90 Å². The van der Waals surface area contributed by atoms with E-state index >= 15 is 0 Å². The highest BCUT2D eigenvalue weighted by atomic mass is 16.5. The normalized spacial score (nSPS) is 16.3. The number of rotatable bonds is 9. The minimum Gasteiger partial charge on any atom is -0.494 e. The highest BCUT2D eigenvalue weighted by Crippen LogP contribution is 2.22. The Morgan fingerprint density at radius 3 is 2.27 bits per heavy atom. The van der Waals surface area contributed by atoms with Crippen molar-refractivity contribution in [2.75, 3.05) is 26.2 Å². The van der Waals surface area contributed by atoms with Gasteiger partial charge >= 0.3 is 0 Å². The van der Waals surface area contributed by atoms with E-state index in [2.05, 4.69) is 66.4 Å². The van der Waals surface area contributed by atoms with Crippen LogP contribution in [0.3, 0.4) is 0 Å². The van der Waals surface area contributed by atoms with E-state index in [1.54, 1.807) is 0 Å². The molecule has 2 aromatic rings. The van der Waals surface area contributed by atoms with Crippen molar-refractivity contribution < 1.29 is 4.74 Å². The van der Waals surface area contributed by atoms with Gasteiger partial charge in [0, 0.05) is 0 Å². The standard InChI is InChI=1S/C24H33NO/c1-21(9-8-19-25-17-6-3-7-18-25)16-20-26-24-14-12-23(13-15-24)22-10-4-2-5-11-22/h2,4-5,10-15,21H,3,6-9,16-20H2,1H3. The molecule has 3 rings (SSSR count). The number of ether oxygens (including phenoxy) is 1. The molecule has 140 valence electrons. The molecule has 26 heavy (non-hydrogen) atoms. The van der Waals surface area contributed by atoms with Gasteiger partial charge in [0.2, 0.25) is 0 Å². The number of likely N-dealkylation sites (tertiary alicyclic amines) is 1. The van der Waals surface area contributed by atoms with Gasteiger partial charge in [-0.2, -0.15) is 0 Å². The lowest BCUT2D eigenvalue weighted by Gasteiger charge is -2.26. The van der Waals surface area contributed by atoms with Crippen LogP contribution >= 0.6 is 0 Å². The van der Waals surface area contributed by atoms with E-state index in [0.717, 1.165) is 24.7 Å². The molecule has 2 aromatic carbocycles. The zero-order valence-corrected chi connectivity index (χ0v) is 16.2. The van der Waals surface area contributed by atoms with Crippen molar-refractivity contribution in [3.8, 4) is 16.9 Å². The maximum Gasteiger partial charge on any atom is 0.119 e. The monoisotopic (exact) mass is 351 g/mol. The van der Waals surface area contributed by atoms with Crippen LogP contribution in [0.1, 0.15) is 45.4 Å². The largest absolute Gasteiger partial charge is 0.494 e. The van der Waals surface area contributed by atoms with Gasteiger partial charge in [-0.3, -0.25) is 0 Å². The zero-order chi connectivity index (χ0) is 18.0. The predicted octanol–water partition coefficient (Wildman–Crippen LogP) is 6.02. The summed E-state index contributed by atoms with van der Waals surface area (Å²) in [5.41, 5.74) is 2.49. The Kier molecular flexibility index (Phi) is 7.57. The minimum atomic E-state index is 0.739. The summed E-state index contributed by atoms with van der Waals surface area (Å²) in [5, 5.41) is 0.